The Balaban J connectivity index is 2.37. The molecule has 3 N–H and O–H groups in total. The number of nitrogens with zero attached hydrogens (tertiary/aromatic N) is 1. The van der Waals surface area contributed by atoms with E-state index in [0.717, 1.165) is 5.39 Å². The van der Waals surface area contributed by atoms with Crippen molar-refractivity contribution in [1.29, 1.82) is 0 Å². The Morgan fingerprint density at radius 1 is 1.38 bits per heavy atom. The first-order valence-corrected chi connectivity index (χ1v) is 8.11. The molecule has 1 aromatic heterocycles. The molecular formula is C14H19N3O3S. The van der Waals surface area contributed by atoms with Crippen molar-refractivity contribution in [3.8, 4) is 0 Å². The molecule has 2 rings (SSSR count). The van der Waals surface area contributed by atoms with Gasteiger partial charge in [-0.3, -0.25) is 4.98 Å². The van der Waals surface area contributed by atoms with E-state index in [1.54, 1.807) is 30.6 Å². The third-order valence-corrected chi connectivity index (χ3v) is 4.71. The highest BCUT2D eigenvalue weighted by Gasteiger charge is 2.21. The minimum absolute atomic E-state index is 0.237. The van der Waals surface area contributed by atoms with Crippen LogP contribution in [0.3, 0.4) is 0 Å². The van der Waals surface area contributed by atoms with E-state index in [4.69, 9.17) is 10.5 Å². The Labute approximate surface area is 124 Å². The SMILES string of the molecule is COCC(CCN)NS(=O)(=O)c1cccc2cnccc12. The number of methoxy groups -OCH3 is 1. The van der Waals surface area contributed by atoms with E-state index in [1.165, 1.54) is 7.11 Å². The van der Waals surface area contributed by atoms with Crippen molar-refractivity contribution in [2.75, 3.05) is 20.3 Å². The van der Waals surface area contributed by atoms with Gasteiger partial charge in [-0.15, -0.1) is 0 Å². The molecule has 0 fully saturated rings. The number of ether oxygens (including phenoxy) is 1. The van der Waals surface area contributed by atoms with E-state index in [1.807, 2.05) is 6.07 Å². The lowest BCUT2D eigenvalue weighted by Gasteiger charge is -2.18. The number of rotatable bonds is 7. The lowest BCUT2D eigenvalue weighted by atomic mass is 10.2. The van der Waals surface area contributed by atoms with Crippen LogP contribution in [0.2, 0.25) is 0 Å². The van der Waals surface area contributed by atoms with Gasteiger partial charge in [0.25, 0.3) is 0 Å². The van der Waals surface area contributed by atoms with Crippen LogP contribution in [0.4, 0.5) is 0 Å². The largest absolute Gasteiger partial charge is 0.383 e. The summed E-state index contributed by atoms with van der Waals surface area (Å²) in [7, 11) is -2.11. The van der Waals surface area contributed by atoms with Crippen molar-refractivity contribution in [3.63, 3.8) is 0 Å². The molecule has 2 aromatic rings. The second-order valence-electron chi connectivity index (χ2n) is 4.70. The van der Waals surface area contributed by atoms with Crippen molar-refractivity contribution in [2.24, 2.45) is 5.73 Å². The number of benzene rings is 1. The Bertz CT molecular complexity index is 692. The highest BCUT2D eigenvalue weighted by molar-refractivity contribution is 7.89. The Morgan fingerprint density at radius 3 is 2.90 bits per heavy atom. The molecule has 6 nitrogen and oxygen atoms in total. The molecule has 114 valence electrons. The van der Waals surface area contributed by atoms with E-state index >= 15 is 0 Å². The first-order chi connectivity index (χ1) is 10.1. The number of sulfonamides is 1. The van der Waals surface area contributed by atoms with Crippen LogP contribution >= 0.6 is 0 Å². The molecule has 0 amide bonds. The van der Waals surface area contributed by atoms with Gasteiger partial charge in [-0.2, -0.15) is 0 Å². The van der Waals surface area contributed by atoms with Gasteiger partial charge in [0, 0.05) is 36.3 Å². The average molecular weight is 309 g/mol. The lowest BCUT2D eigenvalue weighted by molar-refractivity contribution is 0.172. The van der Waals surface area contributed by atoms with Crippen molar-refractivity contribution in [3.05, 3.63) is 36.7 Å². The van der Waals surface area contributed by atoms with Crippen molar-refractivity contribution >= 4 is 20.8 Å². The number of nitrogens with two attached hydrogens (primary N) is 1. The molecule has 0 saturated heterocycles. The van der Waals surface area contributed by atoms with E-state index < -0.39 is 10.0 Å². The summed E-state index contributed by atoms with van der Waals surface area (Å²) in [5.41, 5.74) is 5.51. The number of hydrogen-bond donors (Lipinski definition) is 2. The summed E-state index contributed by atoms with van der Waals surface area (Å²) in [6.45, 7) is 0.665. The molecule has 1 atom stereocenters. The standard InChI is InChI=1S/C14H19N3O3S/c1-20-10-12(5-7-15)17-21(18,19)14-4-2-3-11-9-16-8-6-13(11)14/h2-4,6,8-9,12,17H,5,7,10,15H2,1H3. The summed E-state index contributed by atoms with van der Waals surface area (Å²) in [6.07, 6.45) is 3.73. The van der Waals surface area contributed by atoms with E-state index in [2.05, 4.69) is 9.71 Å². The van der Waals surface area contributed by atoms with Gasteiger partial charge in [-0.05, 0) is 25.1 Å². The monoisotopic (exact) mass is 309 g/mol. The van der Waals surface area contributed by atoms with Crippen LogP contribution in [0.25, 0.3) is 10.8 Å². The van der Waals surface area contributed by atoms with E-state index in [9.17, 15) is 8.42 Å². The highest BCUT2D eigenvalue weighted by Crippen LogP contribution is 2.22. The second-order valence-corrected chi connectivity index (χ2v) is 6.39. The summed E-state index contributed by atoms with van der Waals surface area (Å²) < 4.78 is 32.8. The fraction of sp³-hybridized carbons (Fsp3) is 0.357. The summed E-state index contributed by atoms with van der Waals surface area (Å²) >= 11 is 0. The fourth-order valence-electron chi connectivity index (χ4n) is 2.19. The zero-order valence-electron chi connectivity index (χ0n) is 11.8. The first-order valence-electron chi connectivity index (χ1n) is 6.62. The van der Waals surface area contributed by atoms with Crippen molar-refractivity contribution in [1.82, 2.24) is 9.71 Å². The van der Waals surface area contributed by atoms with E-state index in [0.29, 0.717) is 18.4 Å². The number of nitrogens with one attached hydrogen (secondary N) is 1. The molecule has 1 unspecified atom stereocenters. The van der Waals surface area contributed by atoms with Gasteiger partial charge in [0.1, 0.15) is 0 Å². The second kappa shape index (κ2) is 6.95. The summed E-state index contributed by atoms with van der Waals surface area (Å²) in [5.74, 6) is 0. The molecule has 21 heavy (non-hydrogen) atoms. The Hall–Kier alpha value is -1.54. The van der Waals surface area contributed by atoms with Gasteiger partial charge in [0.05, 0.1) is 11.5 Å². The molecule has 1 heterocycles. The maximum absolute atomic E-state index is 12.6. The smallest absolute Gasteiger partial charge is 0.241 e. The van der Waals surface area contributed by atoms with Gasteiger partial charge in [-0.1, -0.05) is 12.1 Å². The zero-order chi connectivity index (χ0) is 15.3. The molecule has 0 saturated carbocycles. The van der Waals surface area contributed by atoms with Crippen LogP contribution in [0.1, 0.15) is 6.42 Å². The third kappa shape index (κ3) is 3.76. The number of hydrogen-bond acceptors (Lipinski definition) is 5. The van der Waals surface area contributed by atoms with Crippen LogP contribution in [0, 0.1) is 0 Å². The average Bonchev–Trinajstić information content (AvgIpc) is 2.47. The number of aromatic nitrogens is 1. The van der Waals surface area contributed by atoms with Gasteiger partial charge in [0.15, 0.2) is 0 Å². The Morgan fingerprint density at radius 2 is 2.19 bits per heavy atom. The quantitative estimate of drug-likeness (QED) is 0.791. The summed E-state index contributed by atoms with van der Waals surface area (Å²) in [5, 5.41) is 1.42. The molecule has 0 radical (unpaired) electrons. The predicted octanol–water partition coefficient (Wildman–Crippen LogP) is 0.877. The molecule has 1 aromatic carbocycles. The number of fused-ring (bicyclic) bond motifs is 1. The maximum Gasteiger partial charge on any atom is 0.241 e. The normalized spacial score (nSPS) is 13.4. The van der Waals surface area contributed by atoms with E-state index in [-0.39, 0.29) is 17.5 Å². The molecule has 0 aliphatic rings. The van der Waals surface area contributed by atoms with Crippen LogP contribution in [-0.4, -0.2) is 39.7 Å². The predicted molar refractivity (Wildman–Crippen MR) is 81.4 cm³/mol. The fourth-order valence-corrected chi connectivity index (χ4v) is 3.67. The Kier molecular flexibility index (Phi) is 5.24. The van der Waals surface area contributed by atoms with Gasteiger partial charge < -0.3 is 10.5 Å². The van der Waals surface area contributed by atoms with Crippen LogP contribution < -0.4 is 10.5 Å². The van der Waals surface area contributed by atoms with Crippen LogP contribution in [0.5, 0.6) is 0 Å². The highest BCUT2D eigenvalue weighted by atomic mass is 32.2. The van der Waals surface area contributed by atoms with Gasteiger partial charge in [-0.25, -0.2) is 13.1 Å². The molecule has 0 bridgehead atoms. The summed E-state index contributed by atoms with van der Waals surface area (Å²) in [4.78, 5) is 4.24. The first kappa shape index (κ1) is 15.8. The number of pyridine rings is 1. The van der Waals surface area contributed by atoms with Gasteiger partial charge >= 0.3 is 0 Å². The minimum atomic E-state index is -3.64. The molecule has 0 spiro atoms. The zero-order valence-corrected chi connectivity index (χ0v) is 12.6. The van der Waals surface area contributed by atoms with Crippen molar-refractivity contribution in [2.45, 2.75) is 17.4 Å². The lowest BCUT2D eigenvalue weighted by Crippen LogP contribution is -2.39. The third-order valence-electron chi connectivity index (χ3n) is 3.14. The van der Waals surface area contributed by atoms with Crippen LogP contribution in [0.15, 0.2) is 41.6 Å². The van der Waals surface area contributed by atoms with Crippen LogP contribution in [-0.2, 0) is 14.8 Å². The molecule has 0 aliphatic carbocycles. The maximum atomic E-state index is 12.6. The topological polar surface area (TPSA) is 94.3 Å². The molecular weight excluding hydrogens is 290 g/mol. The molecule has 7 heteroatoms. The molecule has 0 aliphatic heterocycles. The van der Waals surface area contributed by atoms with Gasteiger partial charge in [0.2, 0.25) is 10.0 Å². The summed E-state index contributed by atoms with van der Waals surface area (Å²) in [6, 6.07) is 6.46. The van der Waals surface area contributed by atoms with Crippen molar-refractivity contribution < 1.29 is 13.2 Å². The minimum Gasteiger partial charge on any atom is -0.383 e.